The van der Waals surface area contributed by atoms with E-state index in [1.807, 2.05) is 6.08 Å². The molecular formula is C85H157NO10. The smallest absolute Gasteiger partial charge is 0.305 e. The molecule has 11 nitrogen and oxygen atoms in total. The van der Waals surface area contributed by atoms with Crippen molar-refractivity contribution < 1.29 is 49.3 Å². The number of carbonyl (C=O) groups is 2. The highest BCUT2D eigenvalue weighted by Crippen LogP contribution is 2.24. The Labute approximate surface area is 592 Å². The van der Waals surface area contributed by atoms with Crippen LogP contribution >= 0.6 is 0 Å². The molecule has 562 valence electrons. The number of aliphatic hydroxyl groups excluding tert-OH is 5. The molecule has 7 unspecified atom stereocenters. The van der Waals surface area contributed by atoms with Crippen molar-refractivity contribution in [3.8, 4) is 0 Å². The van der Waals surface area contributed by atoms with Crippen LogP contribution in [0.2, 0.25) is 0 Å². The Hall–Kier alpha value is -2.64. The van der Waals surface area contributed by atoms with E-state index in [4.69, 9.17) is 14.2 Å². The number of rotatable bonds is 74. The van der Waals surface area contributed by atoms with Crippen molar-refractivity contribution >= 4 is 11.9 Å². The number of esters is 1. The highest BCUT2D eigenvalue weighted by Gasteiger charge is 2.44. The van der Waals surface area contributed by atoms with Crippen LogP contribution in [-0.4, -0.2) is 100 Å². The van der Waals surface area contributed by atoms with Gasteiger partial charge in [-0.3, -0.25) is 9.59 Å². The number of hydrogen-bond donors (Lipinski definition) is 6. The summed E-state index contributed by atoms with van der Waals surface area (Å²) in [4.78, 5) is 25.2. The maximum absolute atomic E-state index is 13.0. The highest BCUT2D eigenvalue weighted by molar-refractivity contribution is 5.76. The number of allylic oxidation sites excluding steroid dienone is 9. The zero-order chi connectivity index (χ0) is 69.4. The van der Waals surface area contributed by atoms with E-state index in [1.165, 1.54) is 308 Å². The van der Waals surface area contributed by atoms with Gasteiger partial charge in [0.2, 0.25) is 5.91 Å². The molecule has 0 aromatic carbocycles. The fourth-order valence-corrected chi connectivity index (χ4v) is 13.1. The molecule has 1 aliphatic heterocycles. The molecule has 6 N–H and O–H groups in total. The minimum absolute atomic E-state index is 0.0111. The molecule has 1 amide bonds. The van der Waals surface area contributed by atoms with Crippen LogP contribution in [0.1, 0.15) is 406 Å². The van der Waals surface area contributed by atoms with Crippen LogP contribution in [0.4, 0.5) is 0 Å². The molecule has 96 heavy (non-hydrogen) atoms. The molecule has 0 aromatic rings. The first-order chi connectivity index (χ1) is 47.2. The predicted molar refractivity (Wildman–Crippen MR) is 407 cm³/mol. The van der Waals surface area contributed by atoms with E-state index in [2.05, 4.69) is 67.8 Å². The molecule has 0 saturated carbocycles. The van der Waals surface area contributed by atoms with Crippen LogP contribution in [-0.2, 0) is 23.8 Å². The van der Waals surface area contributed by atoms with Gasteiger partial charge in [-0.1, -0.05) is 357 Å². The third-order valence-electron chi connectivity index (χ3n) is 19.6. The second-order valence-electron chi connectivity index (χ2n) is 28.8. The van der Waals surface area contributed by atoms with Crippen LogP contribution in [0, 0.1) is 0 Å². The van der Waals surface area contributed by atoms with Crippen LogP contribution in [0.3, 0.4) is 0 Å². The van der Waals surface area contributed by atoms with Gasteiger partial charge in [-0.05, 0) is 96.3 Å². The molecule has 1 heterocycles. The van der Waals surface area contributed by atoms with Gasteiger partial charge in [0, 0.05) is 12.8 Å². The van der Waals surface area contributed by atoms with Gasteiger partial charge in [-0.15, -0.1) is 0 Å². The molecule has 1 fully saturated rings. The van der Waals surface area contributed by atoms with E-state index >= 15 is 0 Å². The Bertz CT molecular complexity index is 1780. The van der Waals surface area contributed by atoms with Gasteiger partial charge in [-0.25, -0.2) is 0 Å². The largest absolute Gasteiger partial charge is 0.466 e. The molecular weight excluding hydrogens is 1190 g/mol. The number of hydrogen-bond acceptors (Lipinski definition) is 10. The van der Waals surface area contributed by atoms with Crippen molar-refractivity contribution in [3.05, 3.63) is 60.8 Å². The lowest BCUT2D eigenvalue weighted by Gasteiger charge is -2.40. The number of nitrogens with one attached hydrogen (secondary N) is 1. The summed E-state index contributed by atoms with van der Waals surface area (Å²) in [7, 11) is 0. The fraction of sp³-hybridized carbons (Fsp3) is 0.859. The van der Waals surface area contributed by atoms with Gasteiger partial charge in [-0.2, -0.15) is 0 Å². The average molecular weight is 1350 g/mol. The standard InChI is InChI=1S/C85H157NO10/c1-3-5-7-9-11-13-15-16-17-18-40-44-47-50-53-57-61-65-69-73-81(90)94-74-70-66-62-58-54-51-48-45-42-39-37-35-33-31-29-27-25-23-21-19-20-22-24-26-28-30-32-34-36-38-41-43-46-49-52-56-60-64-68-72-80(89)86-77(76-95-85-84(93)83(92)82(91)79(75-87)96-85)78(88)71-67-63-59-55-14-12-10-8-6-4-2/h11,13,16-17,19-20,23,25,67,71,77-79,82-85,87-88,91-93H,3-10,12,14-15,18,21-22,24,26-66,68-70,72-76H2,1-2H3,(H,86,89)/b13-11-,17-16-,20-19-,25-23-,71-67+. The molecule has 1 rings (SSSR count). The van der Waals surface area contributed by atoms with Gasteiger partial charge >= 0.3 is 5.97 Å². The van der Waals surface area contributed by atoms with Crippen LogP contribution in [0.15, 0.2) is 60.8 Å². The normalized spacial score (nSPS) is 17.6. The third-order valence-corrected chi connectivity index (χ3v) is 19.6. The summed E-state index contributed by atoms with van der Waals surface area (Å²) in [6, 6.07) is -0.807. The summed E-state index contributed by atoms with van der Waals surface area (Å²) < 4.78 is 16.8. The highest BCUT2D eigenvalue weighted by atomic mass is 16.7. The molecule has 0 bridgehead atoms. The molecule has 0 spiro atoms. The van der Waals surface area contributed by atoms with Gasteiger partial charge in [0.15, 0.2) is 6.29 Å². The Morgan fingerprint density at radius 1 is 0.385 bits per heavy atom. The van der Waals surface area contributed by atoms with E-state index in [1.54, 1.807) is 6.08 Å². The second-order valence-corrected chi connectivity index (χ2v) is 28.8. The Kier molecular flexibility index (Phi) is 70.0. The summed E-state index contributed by atoms with van der Waals surface area (Å²) in [5, 5.41) is 54.4. The quantitative estimate of drug-likeness (QED) is 0.0195. The van der Waals surface area contributed by atoms with Gasteiger partial charge in [0.1, 0.15) is 24.4 Å². The van der Waals surface area contributed by atoms with E-state index in [0.29, 0.717) is 19.4 Å². The molecule has 1 saturated heterocycles. The summed E-state index contributed by atoms with van der Waals surface area (Å²) >= 11 is 0. The van der Waals surface area contributed by atoms with Gasteiger partial charge in [0.05, 0.1) is 32.0 Å². The molecule has 0 aliphatic carbocycles. The van der Waals surface area contributed by atoms with Crippen molar-refractivity contribution in [1.29, 1.82) is 0 Å². The summed E-state index contributed by atoms with van der Waals surface area (Å²) in [5.74, 6) is -0.167. The van der Waals surface area contributed by atoms with Crippen molar-refractivity contribution in [2.45, 2.75) is 448 Å². The first kappa shape index (κ1) is 91.4. The Balaban J connectivity index is 1.86. The average Bonchev–Trinajstić information content (AvgIpc) is 0.836. The minimum atomic E-state index is -1.57. The van der Waals surface area contributed by atoms with Crippen LogP contribution < -0.4 is 5.32 Å². The van der Waals surface area contributed by atoms with E-state index in [0.717, 1.165) is 70.6 Å². The van der Waals surface area contributed by atoms with Crippen LogP contribution in [0.5, 0.6) is 0 Å². The molecule has 0 aromatic heterocycles. The maximum atomic E-state index is 13.0. The zero-order valence-corrected chi connectivity index (χ0v) is 62.8. The zero-order valence-electron chi connectivity index (χ0n) is 62.8. The first-order valence-corrected chi connectivity index (χ1v) is 41.6. The third kappa shape index (κ3) is 61.2. The van der Waals surface area contributed by atoms with Crippen molar-refractivity contribution in [2.24, 2.45) is 0 Å². The number of aliphatic hydroxyl groups is 5. The monoisotopic (exact) mass is 1350 g/mol. The lowest BCUT2D eigenvalue weighted by molar-refractivity contribution is -0.302. The maximum Gasteiger partial charge on any atom is 0.305 e. The summed E-state index contributed by atoms with van der Waals surface area (Å²) in [6.45, 7) is 4.34. The fourth-order valence-electron chi connectivity index (χ4n) is 13.1. The van der Waals surface area contributed by atoms with Crippen molar-refractivity contribution in [2.75, 3.05) is 19.8 Å². The van der Waals surface area contributed by atoms with Gasteiger partial charge < -0.3 is 45.1 Å². The summed E-state index contributed by atoms with van der Waals surface area (Å²) in [5.41, 5.74) is 0. The lowest BCUT2D eigenvalue weighted by atomic mass is 9.99. The van der Waals surface area contributed by atoms with Crippen LogP contribution in [0.25, 0.3) is 0 Å². The number of unbranched alkanes of at least 4 members (excludes halogenated alkanes) is 52. The number of amides is 1. The molecule has 7 atom stereocenters. The topological polar surface area (TPSA) is 175 Å². The van der Waals surface area contributed by atoms with Crippen molar-refractivity contribution in [1.82, 2.24) is 5.32 Å². The van der Waals surface area contributed by atoms with E-state index in [9.17, 15) is 35.1 Å². The van der Waals surface area contributed by atoms with Gasteiger partial charge in [0.25, 0.3) is 0 Å². The molecule has 0 radical (unpaired) electrons. The second kappa shape index (κ2) is 73.6. The SMILES string of the molecule is CCCCC/C=C\C/C=C\CCCCCCCCCCCC(=O)OCCCCCCCCCCCCCCCCC/C=C\C/C=C\CCCCCCCCCCCCCCCCCCCC(=O)NC(COC1OC(CO)C(O)C(O)C1O)C(O)/C=C/CCCCCCCCCC. The number of ether oxygens (including phenoxy) is 3. The lowest BCUT2D eigenvalue weighted by Crippen LogP contribution is -2.60. The summed E-state index contributed by atoms with van der Waals surface area (Å²) in [6.07, 6.45) is 89.9. The minimum Gasteiger partial charge on any atom is -0.466 e. The number of carbonyl (C=O) groups excluding carboxylic acids is 2. The van der Waals surface area contributed by atoms with Crippen molar-refractivity contribution in [3.63, 3.8) is 0 Å². The molecule has 1 aliphatic rings. The van der Waals surface area contributed by atoms with E-state index < -0.39 is 49.5 Å². The molecule has 11 heteroatoms. The first-order valence-electron chi connectivity index (χ1n) is 41.6. The van der Waals surface area contributed by atoms with E-state index in [-0.39, 0.29) is 18.5 Å². The Morgan fingerprint density at radius 3 is 1.07 bits per heavy atom. The predicted octanol–water partition coefficient (Wildman–Crippen LogP) is 22.8. The Morgan fingerprint density at radius 2 is 0.698 bits per heavy atom.